The van der Waals surface area contributed by atoms with Crippen LogP contribution >= 0.6 is 38.6 Å². The molecular formula is C43H42BrCoN10O8S2-. The van der Waals surface area contributed by atoms with Crippen LogP contribution in [0, 0.1) is 20.2 Å². The number of fused-ring (bicyclic) bond motifs is 1. The summed E-state index contributed by atoms with van der Waals surface area (Å²) < 4.78 is 3.44. The number of allylic oxidation sites excluding steroid dienone is 7. The summed E-state index contributed by atoms with van der Waals surface area (Å²) in [4.78, 5) is 51.9. The van der Waals surface area contributed by atoms with E-state index in [1.165, 1.54) is 40.4 Å². The average Bonchev–Trinajstić information content (AvgIpc) is 3.96. The van der Waals surface area contributed by atoms with Gasteiger partial charge in [0.05, 0.1) is 15.3 Å². The molecule has 341 valence electrons. The topological polar surface area (TPSA) is 245 Å². The number of anilines is 1. The quantitative estimate of drug-likeness (QED) is 0.0712. The van der Waals surface area contributed by atoms with E-state index in [4.69, 9.17) is 0 Å². The number of aromatic nitrogens is 2. The van der Waals surface area contributed by atoms with Crippen LogP contribution in [-0.4, -0.2) is 73.5 Å². The summed E-state index contributed by atoms with van der Waals surface area (Å²) in [6.07, 6.45) is 11.3. The van der Waals surface area contributed by atoms with Gasteiger partial charge in [-0.1, -0.05) is 50.7 Å². The molecule has 0 saturated heterocycles. The van der Waals surface area contributed by atoms with Crippen molar-refractivity contribution in [3.63, 3.8) is 0 Å². The van der Waals surface area contributed by atoms with Gasteiger partial charge < -0.3 is 35.3 Å². The summed E-state index contributed by atoms with van der Waals surface area (Å²) in [5, 5.41) is 54.7. The molecule has 7 rings (SSSR count). The van der Waals surface area contributed by atoms with Crippen molar-refractivity contribution in [2.45, 2.75) is 47.0 Å². The molecule has 0 fully saturated rings. The normalized spacial score (nSPS) is 17.0. The minimum atomic E-state index is -0.578. The van der Waals surface area contributed by atoms with Crippen molar-refractivity contribution in [3.8, 4) is 0 Å². The average molecular weight is 1030 g/mol. The zero-order valence-electron chi connectivity index (χ0n) is 35.9. The second-order valence-electron chi connectivity index (χ2n) is 14.4. The first-order valence-corrected chi connectivity index (χ1v) is 21.7. The summed E-state index contributed by atoms with van der Waals surface area (Å²) in [6.45, 7) is 14.3. The fourth-order valence-electron chi connectivity index (χ4n) is 6.55. The van der Waals surface area contributed by atoms with Gasteiger partial charge in [-0.2, -0.15) is 4.58 Å². The third-order valence-electron chi connectivity index (χ3n) is 9.75. The summed E-state index contributed by atoms with van der Waals surface area (Å²) in [5.41, 5.74) is 7.67. The van der Waals surface area contributed by atoms with E-state index in [2.05, 4.69) is 145 Å². The summed E-state index contributed by atoms with van der Waals surface area (Å²) in [7, 11) is 2.16. The molecule has 0 atom stereocenters. The molecule has 22 heteroatoms. The fourth-order valence-corrected chi connectivity index (χ4v) is 8.02. The van der Waals surface area contributed by atoms with Gasteiger partial charge in [-0.05, 0) is 101 Å². The number of nitro groups is 2. The van der Waals surface area contributed by atoms with Crippen LogP contribution in [0.2, 0.25) is 0 Å². The number of carbonyl (C=O) groups is 2. The maximum Gasteiger partial charge on any atom is 0.319 e. The Hall–Kier alpha value is -6.46. The van der Waals surface area contributed by atoms with Gasteiger partial charge >= 0.3 is 10.0 Å². The molecule has 0 unspecified atom stereocenters. The zero-order chi connectivity index (χ0) is 46.9. The molecule has 18 nitrogen and oxygen atoms in total. The third kappa shape index (κ3) is 12.8. The van der Waals surface area contributed by atoms with E-state index < -0.39 is 9.85 Å². The second-order valence-corrected chi connectivity index (χ2v) is 17.3. The molecule has 3 heterocycles. The number of nitrogens with zero attached hydrogens (tertiary/aromatic N) is 10. The fraction of sp³-hybridized carbons (Fsp3) is 0.233. The molecule has 2 N–H and O–H groups in total. The number of halogens is 1. The monoisotopic (exact) mass is 1030 g/mol. The van der Waals surface area contributed by atoms with Crippen LogP contribution < -0.4 is 24.5 Å². The molecule has 1 radical (unpaired) electrons. The zero-order valence-corrected chi connectivity index (χ0v) is 40.2. The summed E-state index contributed by atoms with van der Waals surface area (Å²) in [5.74, 6) is -1.25. The molecule has 0 bridgehead atoms. The van der Waals surface area contributed by atoms with Crippen LogP contribution in [0.3, 0.4) is 0 Å². The van der Waals surface area contributed by atoms with Crippen LogP contribution in [-0.2, 0) is 31.8 Å². The Morgan fingerprint density at radius 1 is 0.785 bits per heavy atom. The number of hydrogen-bond donors (Lipinski definition) is 2. The Morgan fingerprint density at radius 3 is 1.68 bits per heavy atom. The molecule has 2 aliphatic carbocycles. The van der Waals surface area contributed by atoms with E-state index in [0.717, 1.165) is 64.8 Å². The van der Waals surface area contributed by atoms with E-state index in [1.807, 2.05) is 0 Å². The Bertz CT molecular complexity index is 2740. The van der Waals surface area contributed by atoms with Gasteiger partial charge in [-0.25, -0.2) is 0 Å². The van der Waals surface area contributed by atoms with Gasteiger partial charge in [0.1, 0.15) is 30.0 Å². The largest absolute Gasteiger partial charge is 0.506 e. The Morgan fingerprint density at radius 2 is 1.26 bits per heavy atom. The first kappa shape index (κ1) is 51.2. The number of rotatable bonds is 9. The number of aliphatic hydroxyl groups excluding tert-OH is 2. The van der Waals surface area contributed by atoms with Crippen molar-refractivity contribution >= 4 is 94.8 Å². The molecular weight excluding hydrogens is 988 g/mol. The van der Waals surface area contributed by atoms with E-state index in [0.29, 0.717) is 11.1 Å². The maximum atomic E-state index is 11.1. The van der Waals surface area contributed by atoms with Crippen molar-refractivity contribution in [1.82, 2.24) is 9.97 Å². The number of aliphatic hydroxyl groups is 2. The van der Waals surface area contributed by atoms with Gasteiger partial charge in [0.2, 0.25) is 5.69 Å². The molecule has 65 heavy (non-hydrogen) atoms. The Kier molecular flexibility index (Phi) is 17.7. The first-order chi connectivity index (χ1) is 30.3. The second kappa shape index (κ2) is 22.4. The molecule has 2 aromatic heterocycles. The molecule has 4 aromatic rings. The molecule has 0 spiro atoms. The van der Waals surface area contributed by atoms with E-state index in [-0.39, 0.29) is 76.3 Å². The first-order valence-electron chi connectivity index (χ1n) is 19.3. The van der Waals surface area contributed by atoms with E-state index in [1.54, 1.807) is 13.8 Å². The van der Waals surface area contributed by atoms with E-state index in [9.17, 15) is 40.0 Å². The van der Waals surface area contributed by atoms with E-state index >= 15 is 0 Å². The summed E-state index contributed by atoms with van der Waals surface area (Å²) in [6, 6.07) is 15.4. The predicted molar refractivity (Wildman–Crippen MR) is 251 cm³/mol. The maximum absolute atomic E-state index is 11.1. The van der Waals surface area contributed by atoms with Gasteiger partial charge in [0.15, 0.2) is 17.3 Å². The van der Waals surface area contributed by atoms with Crippen molar-refractivity contribution in [3.05, 3.63) is 153 Å². The Balaban J connectivity index is 0.000000216. The van der Waals surface area contributed by atoms with Crippen LogP contribution in [0.25, 0.3) is 6.08 Å². The van der Waals surface area contributed by atoms with Crippen molar-refractivity contribution in [2.75, 3.05) is 25.0 Å². The van der Waals surface area contributed by atoms with Crippen molar-refractivity contribution in [2.24, 2.45) is 20.4 Å². The number of thiazole rings is 2. The van der Waals surface area contributed by atoms with Gasteiger partial charge in [0.25, 0.3) is 0 Å². The minimum Gasteiger partial charge on any atom is -0.506 e. The molecule has 2 aromatic carbocycles. The van der Waals surface area contributed by atoms with Gasteiger partial charge in [-0.3, -0.25) is 40.0 Å². The van der Waals surface area contributed by atoms with Crippen LogP contribution in [0.4, 0.5) is 21.4 Å². The van der Waals surface area contributed by atoms with Gasteiger partial charge in [0, 0.05) is 91.9 Å². The number of carbonyl (C=O) groups excluding carboxylic acids is 2. The predicted octanol–water partition coefficient (Wildman–Crippen LogP) is 7.69. The molecule has 0 saturated carbocycles. The van der Waals surface area contributed by atoms with Crippen LogP contribution in [0.15, 0.2) is 133 Å². The molecule has 3 aliphatic rings. The molecule has 0 amide bonds. The SMILES string of the molecule is CC1=CC(=O)C=C(O)C1=NN=c1[n-]cc([N+](=O)[O-])s1.CC1=CC(=O)C=C(O)C1=NN=c1[n-]cc([N+](=O)[O-])s1.CCN(CC)c1ccc(/C=C/C2=[N+](C)c3ccc(Br)cc3C2(C)C)cc1.[Co]. The summed E-state index contributed by atoms with van der Waals surface area (Å²) >= 11 is 5.13. The smallest absolute Gasteiger partial charge is 0.319 e. The Labute approximate surface area is 399 Å². The van der Waals surface area contributed by atoms with Crippen LogP contribution in [0.5, 0.6) is 0 Å². The van der Waals surface area contributed by atoms with Crippen molar-refractivity contribution < 1.29 is 51.0 Å². The van der Waals surface area contributed by atoms with Crippen molar-refractivity contribution in [1.29, 1.82) is 0 Å². The molecule has 1 aliphatic heterocycles. The number of benzene rings is 2. The van der Waals surface area contributed by atoms with Gasteiger partial charge in [-0.15, -0.1) is 0 Å². The number of hydrogen-bond acceptors (Lipinski definition) is 15. The minimum absolute atomic E-state index is 0. The standard InChI is InChI=1S/C23H28BrN2.2C10H8N4O4S.Co/c1-6-26(7-2)19-12-8-17(9-13-19)10-15-22-23(3,4)20-16-18(24)11-14-21(20)25(22)5;2*1-5-2-6(15)3-7(16)9(5)12-13-10-11-4-8(19-10)14(17)18;/h8-16H,6-7H2,1-5H3;2*2-4H,1H3,(H2,11,13,15,16);/q+1;;;/p-2. The third-order valence-corrected chi connectivity index (χ3v) is 11.9. The number of ketones is 2. The van der Waals surface area contributed by atoms with Crippen LogP contribution in [0.1, 0.15) is 52.7 Å².